The van der Waals surface area contributed by atoms with E-state index in [2.05, 4.69) is 20.6 Å². The monoisotopic (exact) mass is 446 g/mol. The lowest BCUT2D eigenvalue weighted by Gasteiger charge is -2.24. The summed E-state index contributed by atoms with van der Waals surface area (Å²) in [6.45, 7) is 0.612. The van der Waals surface area contributed by atoms with E-state index in [-0.39, 0.29) is 24.0 Å². The van der Waals surface area contributed by atoms with Gasteiger partial charge in [-0.25, -0.2) is 4.98 Å². The second kappa shape index (κ2) is 9.27. The Morgan fingerprint density at radius 1 is 1.39 bits per heavy atom. The molecule has 0 bridgehead atoms. The van der Waals surface area contributed by atoms with Gasteiger partial charge in [-0.3, -0.25) is 4.99 Å². The molecule has 1 saturated carbocycles. The van der Waals surface area contributed by atoms with Gasteiger partial charge in [-0.1, -0.05) is 25.3 Å². The predicted octanol–water partition coefficient (Wildman–Crippen LogP) is 4.02. The SMILES string of the molecule is CN=C(NCc1coc(-c2cccs2)n1)NC1CCCCC1.I. The fourth-order valence-electron chi connectivity index (χ4n) is 2.71. The molecule has 0 spiro atoms. The van der Waals surface area contributed by atoms with Crippen LogP contribution in [0.3, 0.4) is 0 Å². The fraction of sp³-hybridized carbons (Fsp3) is 0.500. The van der Waals surface area contributed by atoms with E-state index in [0.717, 1.165) is 16.5 Å². The Bertz CT molecular complexity index is 605. The van der Waals surface area contributed by atoms with Gasteiger partial charge in [0.05, 0.1) is 17.1 Å². The Hall–Kier alpha value is -1.09. The van der Waals surface area contributed by atoms with Crippen LogP contribution in [0.2, 0.25) is 0 Å². The molecule has 0 aliphatic heterocycles. The van der Waals surface area contributed by atoms with Gasteiger partial charge in [0.25, 0.3) is 0 Å². The maximum atomic E-state index is 5.52. The van der Waals surface area contributed by atoms with Crippen molar-refractivity contribution in [2.24, 2.45) is 4.99 Å². The van der Waals surface area contributed by atoms with Gasteiger partial charge in [0.1, 0.15) is 6.26 Å². The van der Waals surface area contributed by atoms with Crippen molar-refractivity contribution in [1.82, 2.24) is 15.6 Å². The molecule has 2 aromatic heterocycles. The van der Waals surface area contributed by atoms with Gasteiger partial charge in [-0.05, 0) is 24.3 Å². The minimum atomic E-state index is 0. The molecule has 0 saturated heterocycles. The highest BCUT2D eigenvalue weighted by atomic mass is 127. The highest BCUT2D eigenvalue weighted by Crippen LogP contribution is 2.23. The predicted molar refractivity (Wildman–Crippen MR) is 105 cm³/mol. The third-order valence-corrected chi connectivity index (χ3v) is 4.75. The van der Waals surface area contributed by atoms with E-state index < -0.39 is 0 Å². The first-order valence-corrected chi connectivity index (χ1v) is 8.68. The van der Waals surface area contributed by atoms with Crippen LogP contribution in [0, 0.1) is 0 Å². The van der Waals surface area contributed by atoms with E-state index in [9.17, 15) is 0 Å². The lowest BCUT2D eigenvalue weighted by Crippen LogP contribution is -2.43. The maximum absolute atomic E-state index is 5.52. The highest BCUT2D eigenvalue weighted by Gasteiger charge is 2.14. The van der Waals surface area contributed by atoms with Crippen LogP contribution >= 0.6 is 35.3 Å². The van der Waals surface area contributed by atoms with Crippen molar-refractivity contribution in [3.05, 3.63) is 29.5 Å². The van der Waals surface area contributed by atoms with E-state index in [1.54, 1.807) is 24.6 Å². The summed E-state index contributed by atoms with van der Waals surface area (Å²) in [7, 11) is 1.80. The molecule has 126 valence electrons. The van der Waals surface area contributed by atoms with Crippen molar-refractivity contribution in [3.63, 3.8) is 0 Å². The van der Waals surface area contributed by atoms with E-state index in [0.29, 0.717) is 18.5 Å². The number of hydrogen-bond acceptors (Lipinski definition) is 4. The zero-order valence-electron chi connectivity index (χ0n) is 13.2. The van der Waals surface area contributed by atoms with Gasteiger partial charge in [0.2, 0.25) is 5.89 Å². The fourth-order valence-corrected chi connectivity index (χ4v) is 3.37. The minimum Gasteiger partial charge on any atom is -0.443 e. The molecule has 7 heteroatoms. The van der Waals surface area contributed by atoms with Crippen LogP contribution in [0.1, 0.15) is 37.8 Å². The number of nitrogens with one attached hydrogen (secondary N) is 2. The van der Waals surface area contributed by atoms with Gasteiger partial charge in [0.15, 0.2) is 5.96 Å². The summed E-state index contributed by atoms with van der Waals surface area (Å²) in [5.41, 5.74) is 0.884. The average Bonchev–Trinajstić information content (AvgIpc) is 3.23. The topological polar surface area (TPSA) is 62.5 Å². The van der Waals surface area contributed by atoms with Crippen LogP contribution in [-0.4, -0.2) is 24.0 Å². The number of hydrogen-bond donors (Lipinski definition) is 2. The molecule has 0 atom stereocenters. The first kappa shape index (κ1) is 18.3. The number of guanidine groups is 1. The maximum Gasteiger partial charge on any atom is 0.236 e. The molecule has 23 heavy (non-hydrogen) atoms. The smallest absolute Gasteiger partial charge is 0.236 e. The van der Waals surface area contributed by atoms with Gasteiger partial charge < -0.3 is 15.1 Å². The van der Waals surface area contributed by atoms with Crippen molar-refractivity contribution < 1.29 is 4.42 Å². The van der Waals surface area contributed by atoms with E-state index in [4.69, 9.17) is 4.42 Å². The molecule has 0 unspecified atom stereocenters. The number of aliphatic imine (C=N–C) groups is 1. The van der Waals surface area contributed by atoms with Crippen LogP contribution < -0.4 is 10.6 Å². The lowest BCUT2D eigenvalue weighted by molar-refractivity contribution is 0.410. The number of nitrogens with zero attached hydrogens (tertiary/aromatic N) is 2. The number of rotatable bonds is 4. The van der Waals surface area contributed by atoms with Crippen LogP contribution in [-0.2, 0) is 6.54 Å². The molecule has 0 radical (unpaired) electrons. The second-order valence-corrected chi connectivity index (χ2v) is 6.47. The summed E-state index contributed by atoms with van der Waals surface area (Å²) in [5, 5.41) is 8.83. The molecule has 5 nitrogen and oxygen atoms in total. The molecule has 2 aromatic rings. The Labute approximate surface area is 158 Å². The van der Waals surface area contributed by atoms with Crippen LogP contribution in [0.15, 0.2) is 33.2 Å². The average molecular weight is 446 g/mol. The third-order valence-electron chi connectivity index (χ3n) is 3.89. The molecule has 2 N–H and O–H groups in total. The van der Waals surface area contributed by atoms with Gasteiger partial charge >= 0.3 is 0 Å². The van der Waals surface area contributed by atoms with Gasteiger partial charge in [-0.2, -0.15) is 0 Å². The molecule has 2 heterocycles. The summed E-state index contributed by atoms with van der Waals surface area (Å²) >= 11 is 1.63. The molecule has 1 fully saturated rings. The van der Waals surface area contributed by atoms with Crippen LogP contribution in [0.25, 0.3) is 10.8 Å². The van der Waals surface area contributed by atoms with Crippen LogP contribution in [0.4, 0.5) is 0 Å². The normalized spacial score (nSPS) is 16.0. The molecule has 1 aliphatic carbocycles. The Morgan fingerprint density at radius 3 is 2.91 bits per heavy atom. The molecule has 3 rings (SSSR count). The molecule has 1 aliphatic rings. The number of halogens is 1. The Balaban J connectivity index is 0.00000192. The Morgan fingerprint density at radius 2 is 2.22 bits per heavy atom. The number of aromatic nitrogens is 1. The van der Waals surface area contributed by atoms with Gasteiger partial charge in [0, 0.05) is 13.1 Å². The summed E-state index contributed by atoms with van der Waals surface area (Å²) in [5.74, 6) is 1.52. The number of thiophene rings is 1. The molecular weight excluding hydrogens is 423 g/mol. The zero-order chi connectivity index (χ0) is 15.2. The molecule has 0 amide bonds. The summed E-state index contributed by atoms with van der Waals surface area (Å²) < 4.78 is 5.52. The highest BCUT2D eigenvalue weighted by molar-refractivity contribution is 14.0. The van der Waals surface area contributed by atoms with Crippen molar-refractivity contribution in [1.29, 1.82) is 0 Å². The van der Waals surface area contributed by atoms with Crippen molar-refractivity contribution in [2.75, 3.05) is 7.05 Å². The summed E-state index contributed by atoms with van der Waals surface area (Å²) in [6.07, 6.45) is 8.13. The van der Waals surface area contributed by atoms with Crippen molar-refractivity contribution in [2.45, 2.75) is 44.7 Å². The van der Waals surface area contributed by atoms with Crippen molar-refractivity contribution in [3.8, 4) is 10.8 Å². The first-order valence-electron chi connectivity index (χ1n) is 7.80. The Kier molecular flexibility index (Phi) is 7.35. The molecule has 0 aromatic carbocycles. The van der Waals surface area contributed by atoms with E-state index in [1.165, 1.54) is 32.1 Å². The van der Waals surface area contributed by atoms with Crippen LogP contribution in [0.5, 0.6) is 0 Å². The zero-order valence-corrected chi connectivity index (χ0v) is 16.4. The summed E-state index contributed by atoms with van der Waals surface area (Å²) in [4.78, 5) is 9.85. The van der Waals surface area contributed by atoms with E-state index >= 15 is 0 Å². The second-order valence-electron chi connectivity index (χ2n) is 5.53. The van der Waals surface area contributed by atoms with E-state index in [1.807, 2.05) is 17.5 Å². The quantitative estimate of drug-likeness (QED) is 0.423. The largest absolute Gasteiger partial charge is 0.443 e. The summed E-state index contributed by atoms with van der Waals surface area (Å²) in [6, 6.07) is 4.55. The molecular formula is C16H23IN4OS. The number of oxazole rings is 1. The van der Waals surface area contributed by atoms with Crippen molar-refractivity contribution >= 4 is 41.3 Å². The minimum absolute atomic E-state index is 0. The lowest BCUT2D eigenvalue weighted by atomic mass is 9.96. The third kappa shape index (κ3) is 5.20. The first-order chi connectivity index (χ1) is 10.8. The standard InChI is InChI=1S/C16H22N4OS.HI/c1-17-16(20-12-6-3-2-4-7-12)18-10-13-11-21-15(19-13)14-8-5-9-22-14;/h5,8-9,11-12H,2-4,6-7,10H2,1H3,(H2,17,18,20);1H. The van der Waals surface area contributed by atoms with Gasteiger partial charge in [-0.15, -0.1) is 35.3 Å².